The minimum Gasteiger partial charge on any atom is -0.395 e. The van der Waals surface area contributed by atoms with E-state index in [9.17, 15) is 9.46 Å². The number of hydrogen-bond donors (Lipinski definition) is 1. The summed E-state index contributed by atoms with van der Waals surface area (Å²) < 4.78 is 24.6. The summed E-state index contributed by atoms with van der Waals surface area (Å²) >= 11 is 0. The molecule has 0 unspecified atom stereocenters. The number of hydrogen-bond acceptors (Lipinski definition) is 3. The van der Waals surface area contributed by atoms with Gasteiger partial charge in [0, 0.05) is 0 Å². The lowest BCUT2D eigenvalue weighted by atomic mass is 9.83. The minimum absolute atomic E-state index is 0.376. The molecule has 4 nitrogen and oxygen atoms in total. The van der Waals surface area contributed by atoms with Gasteiger partial charge in [-0.15, -0.1) is 0 Å². The van der Waals surface area contributed by atoms with Crippen LogP contribution in [0, 0.1) is 13.8 Å². The van der Waals surface area contributed by atoms with Crippen molar-refractivity contribution in [1.82, 2.24) is 0 Å². The number of benzene rings is 2. The Bertz CT molecular complexity index is 869. The van der Waals surface area contributed by atoms with Crippen LogP contribution >= 0.6 is 7.82 Å². The fourth-order valence-corrected chi connectivity index (χ4v) is 6.06. The average molecular weight is 443 g/mol. The van der Waals surface area contributed by atoms with Crippen LogP contribution in [0.3, 0.4) is 0 Å². The lowest BCUT2D eigenvalue weighted by molar-refractivity contribution is 0.285. The zero-order valence-corrected chi connectivity index (χ0v) is 19.7. The second-order valence-corrected chi connectivity index (χ2v) is 10.7. The standard InChI is InChI=1S/C26H35O4P/c1-19-13-15-23(21-9-5-3-6-10-21)25(17-19)29-31(27,28)30-26-18-20(2)14-16-24(26)22-11-7-4-8-12-22/h13-18,21-22H,3-12H2,1-2H3,(H,27,28). The van der Waals surface area contributed by atoms with Crippen molar-refractivity contribution in [3.05, 3.63) is 58.7 Å². The van der Waals surface area contributed by atoms with Crippen molar-refractivity contribution in [1.29, 1.82) is 0 Å². The van der Waals surface area contributed by atoms with Crippen molar-refractivity contribution in [2.75, 3.05) is 0 Å². The molecule has 0 amide bonds. The first-order valence-corrected chi connectivity index (χ1v) is 13.3. The van der Waals surface area contributed by atoms with Gasteiger partial charge in [-0.2, -0.15) is 0 Å². The van der Waals surface area contributed by atoms with Gasteiger partial charge in [-0.25, -0.2) is 4.57 Å². The predicted octanol–water partition coefficient (Wildman–Crippen LogP) is 7.96. The molecule has 4 rings (SSSR count). The molecule has 2 aliphatic rings. The second-order valence-electron chi connectivity index (χ2n) is 9.40. The maximum Gasteiger partial charge on any atom is 0.584 e. The zero-order valence-electron chi connectivity index (χ0n) is 18.8. The van der Waals surface area contributed by atoms with Crippen LogP contribution in [0.1, 0.15) is 98.3 Å². The highest BCUT2D eigenvalue weighted by molar-refractivity contribution is 7.48. The summed E-state index contributed by atoms with van der Waals surface area (Å²) in [5, 5.41) is 0. The number of phosphoric ester groups is 1. The Morgan fingerprint density at radius 2 is 1.10 bits per heavy atom. The highest BCUT2D eigenvalue weighted by atomic mass is 31.2. The van der Waals surface area contributed by atoms with Crippen LogP contribution in [0.25, 0.3) is 0 Å². The number of aryl methyl sites for hydroxylation is 2. The van der Waals surface area contributed by atoms with E-state index < -0.39 is 7.82 Å². The first-order chi connectivity index (χ1) is 14.9. The molecule has 2 aromatic rings. The molecule has 2 aliphatic carbocycles. The fourth-order valence-electron chi connectivity index (χ4n) is 5.21. The molecule has 2 saturated carbocycles. The molecule has 0 atom stereocenters. The molecule has 5 heteroatoms. The molecule has 0 heterocycles. The lowest BCUT2D eigenvalue weighted by Crippen LogP contribution is -2.10. The fraction of sp³-hybridized carbons (Fsp3) is 0.538. The third-order valence-corrected chi connectivity index (χ3v) is 7.71. The Labute approximate surface area is 186 Å². The summed E-state index contributed by atoms with van der Waals surface area (Å²) in [6, 6.07) is 12.0. The Morgan fingerprint density at radius 1 is 0.710 bits per heavy atom. The average Bonchev–Trinajstić information content (AvgIpc) is 2.74. The van der Waals surface area contributed by atoms with Gasteiger partial charge >= 0.3 is 7.82 Å². The van der Waals surface area contributed by atoms with E-state index >= 15 is 0 Å². The Kier molecular flexibility index (Phi) is 7.08. The molecule has 31 heavy (non-hydrogen) atoms. The van der Waals surface area contributed by atoms with Crippen LogP contribution in [-0.4, -0.2) is 4.89 Å². The van der Waals surface area contributed by atoms with E-state index in [2.05, 4.69) is 24.3 Å². The molecule has 168 valence electrons. The molecule has 1 N–H and O–H groups in total. The molecule has 0 spiro atoms. The molecule has 0 aliphatic heterocycles. The van der Waals surface area contributed by atoms with E-state index in [0.717, 1.165) is 47.9 Å². The molecule has 0 saturated heterocycles. The van der Waals surface area contributed by atoms with Gasteiger partial charge < -0.3 is 9.05 Å². The normalized spacial score (nSPS) is 18.7. The molecular weight excluding hydrogens is 407 g/mol. The van der Waals surface area contributed by atoms with Gasteiger partial charge in [0.2, 0.25) is 0 Å². The van der Waals surface area contributed by atoms with Crippen LogP contribution in [0.15, 0.2) is 36.4 Å². The first-order valence-electron chi connectivity index (χ1n) is 11.8. The topological polar surface area (TPSA) is 55.8 Å². The van der Waals surface area contributed by atoms with Crippen molar-refractivity contribution >= 4 is 7.82 Å². The van der Waals surface area contributed by atoms with E-state index in [1.165, 1.54) is 38.5 Å². The quantitative estimate of drug-likeness (QED) is 0.461. The number of rotatable bonds is 6. The van der Waals surface area contributed by atoms with Crippen molar-refractivity contribution in [2.24, 2.45) is 0 Å². The van der Waals surface area contributed by atoms with Gasteiger partial charge in [-0.1, -0.05) is 62.8 Å². The van der Waals surface area contributed by atoms with Gasteiger partial charge in [-0.05, 0) is 85.8 Å². The first kappa shape index (κ1) is 22.4. The predicted molar refractivity (Wildman–Crippen MR) is 125 cm³/mol. The van der Waals surface area contributed by atoms with Gasteiger partial charge in [0.05, 0.1) is 0 Å². The lowest BCUT2D eigenvalue weighted by Gasteiger charge is -2.27. The molecule has 2 fully saturated rings. The van der Waals surface area contributed by atoms with Crippen molar-refractivity contribution in [3.8, 4) is 11.5 Å². The van der Waals surface area contributed by atoms with Crippen molar-refractivity contribution in [3.63, 3.8) is 0 Å². The summed E-state index contributed by atoms with van der Waals surface area (Å²) in [7, 11) is -4.33. The number of phosphoric acid groups is 1. The smallest absolute Gasteiger partial charge is 0.395 e. The van der Waals surface area contributed by atoms with Gasteiger partial charge in [0.25, 0.3) is 0 Å². The summed E-state index contributed by atoms with van der Waals surface area (Å²) in [4.78, 5) is 10.8. The monoisotopic (exact) mass is 442 g/mol. The van der Waals surface area contributed by atoms with E-state index in [1.54, 1.807) is 0 Å². The van der Waals surface area contributed by atoms with E-state index in [-0.39, 0.29) is 0 Å². The van der Waals surface area contributed by atoms with Crippen molar-refractivity contribution in [2.45, 2.75) is 89.9 Å². The maximum atomic E-state index is 13.2. The molecule has 0 bridgehead atoms. The summed E-state index contributed by atoms with van der Waals surface area (Å²) in [6.45, 7) is 3.95. The summed E-state index contributed by atoms with van der Waals surface area (Å²) in [5.74, 6) is 1.73. The summed E-state index contributed by atoms with van der Waals surface area (Å²) in [5.41, 5.74) is 4.07. The van der Waals surface area contributed by atoms with Crippen molar-refractivity contribution < 1.29 is 18.5 Å². The van der Waals surface area contributed by atoms with E-state index in [4.69, 9.17) is 9.05 Å². The molecule has 2 aromatic carbocycles. The third kappa shape index (κ3) is 5.73. The van der Waals surface area contributed by atoms with Gasteiger partial charge in [0.15, 0.2) is 0 Å². The third-order valence-electron chi connectivity index (χ3n) is 6.86. The highest BCUT2D eigenvalue weighted by Crippen LogP contribution is 2.50. The highest BCUT2D eigenvalue weighted by Gasteiger charge is 2.31. The molecule has 0 radical (unpaired) electrons. The van der Waals surface area contributed by atoms with E-state index in [1.807, 2.05) is 26.0 Å². The van der Waals surface area contributed by atoms with Crippen LogP contribution in [-0.2, 0) is 4.57 Å². The zero-order chi connectivity index (χ0) is 21.8. The van der Waals surface area contributed by atoms with Gasteiger partial charge in [-0.3, -0.25) is 4.89 Å². The van der Waals surface area contributed by atoms with Crippen LogP contribution in [0.2, 0.25) is 0 Å². The second kappa shape index (κ2) is 9.79. The maximum absolute atomic E-state index is 13.2. The largest absolute Gasteiger partial charge is 0.584 e. The van der Waals surface area contributed by atoms with Gasteiger partial charge in [0.1, 0.15) is 11.5 Å². The van der Waals surface area contributed by atoms with Crippen LogP contribution in [0.5, 0.6) is 11.5 Å². The van der Waals surface area contributed by atoms with Crippen LogP contribution in [0.4, 0.5) is 0 Å². The minimum atomic E-state index is -4.33. The molecule has 0 aromatic heterocycles. The molecular formula is C26H35O4P. The van der Waals surface area contributed by atoms with E-state index in [0.29, 0.717) is 23.3 Å². The SMILES string of the molecule is Cc1ccc(C2CCCCC2)c(OP(=O)(O)Oc2cc(C)ccc2C2CCCCC2)c1. The Balaban J connectivity index is 1.58. The van der Waals surface area contributed by atoms with Crippen LogP contribution < -0.4 is 9.05 Å². The Hall–Kier alpha value is -1.77. The Morgan fingerprint density at radius 3 is 1.48 bits per heavy atom. The summed E-state index contributed by atoms with van der Waals surface area (Å²) in [6.07, 6.45) is 11.7.